The summed E-state index contributed by atoms with van der Waals surface area (Å²) in [5.41, 5.74) is 1.49. The van der Waals surface area contributed by atoms with Crippen LogP contribution in [0.15, 0.2) is 16.9 Å². The molecule has 0 spiro atoms. The predicted molar refractivity (Wildman–Crippen MR) is 50.4 cm³/mol. The van der Waals surface area contributed by atoms with Gasteiger partial charge in [-0.2, -0.15) is 5.10 Å². The maximum atomic E-state index is 5.93. The molecule has 0 aliphatic heterocycles. The van der Waals surface area contributed by atoms with Crippen molar-refractivity contribution in [2.75, 3.05) is 0 Å². The Labute approximate surface area is 82.5 Å². The number of nitrogens with zero attached hydrogens (tertiary/aromatic N) is 3. The standard InChI is InChI=1S/C7H5BrClN3/c1-4-6(9)7-10-2-5(8)3-12(7)11-4/h2-3H,1H3. The molecule has 0 aromatic carbocycles. The van der Waals surface area contributed by atoms with Gasteiger partial charge in [-0.25, -0.2) is 9.50 Å². The molecule has 0 unspecified atom stereocenters. The van der Waals surface area contributed by atoms with E-state index in [0.29, 0.717) is 10.7 Å². The normalized spacial score (nSPS) is 10.9. The van der Waals surface area contributed by atoms with Crippen molar-refractivity contribution in [3.05, 3.63) is 27.6 Å². The summed E-state index contributed by atoms with van der Waals surface area (Å²) in [5.74, 6) is 0. The van der Waals surface area contributed by atoms with E-state index in [4.69, 9.17) is 11.6 Å². The Morgan fingerprint density at radius 2 is 2.33 bits per heavy atom. The first-order valence-corrected chi connectivity index (χ1v) is 4.51. The molecule has 12 heavy (non-hydrogen) atoms. The van der Waals surface area contributed by atoms with Gasteiger partial charge in [0.05, 0.1) is 10.2 Å². The molecule has 2 aromatic rings. The molecule has 0 amide bonds. The molecular formula is C7H5BrClN3. The minimum absolute atomic E-state index is 0.613. The predicted octanol–water partition coefficient (Wildman–Crippen LogP) is 2.45. The highest BCUT2D eigenvalue weighted by Crippen LogP contribution is 2.20. The highest BCUT2D eigenvalue weighted by Gasteiger charge is 2.06. The first kappa shape index (κ1) is 8.01. The fourth-order valence-corrected chi connectivity index (χ4v) is 1.46. The molecule has 0 aliphatic rings. The number of aryl methyl sites for hydroxylation is 1. The number of fused-ring (bicyclic) bond motifs is 1. The van der Waals surface area contributed by atoms with Gasteiger partial charge in [0.25, 0.3) is 0 Å². The third kappa shape index (κ3) is 1.11. The molecule has 2 rings (SSSR count). The van der Waals surface area contributed by atoms with Crippen LogP contribution in [0.3, 0.4) is 0 Å². The molecule has 0 saturated heterocycles. The van der Waals surface area contributed by atoms with Gasteiger partial charge in [0.2, 0.25) is 0 Å². The fourth-order valence-electron chi connectivity index (χ4n) is 0.994. The van der Waals surface area contributed by atoms with Crippen LogP contribution in [0.1, 0.15) is 5.69 Å². The molecule has 0 atom stereocenters. The van der Waals surface area contributed by atoms with E-state index in [0.717, 1.165) is 10.2 Å². The maximum Gasteiger partial charge on any atom is 0.174 e. The quantitative estimate of drug-likeness (QED) is 0.715. The first-order valence-electron chi connectivity index (χ1n) is 3.34. The van der Waals surface area contributed by atoms with E-state index in [1.807, 2.05) is 13.1 Å². The summed E-state index contributed by atoms with van der Waals surface area (Å²) in [6.45, 7) is 1.85. The van der Waals surface area contributed by atoms with Crippen molar-refractivity contribution in [1.82, 2.24) is 14.6 Å². The van der Waals surface area contributed by atoms with E-state index in [-0.39, 0.29) is 0 Å². The average Bonchev–Trinajstić information content (AvgIpc) is 2.28. The van der Waals surface area contributed by atoms with Crippen LogP contribution in [0.25, 0.3) is 5.65 Å². The first-order chi connectivity index (χ1) is 5.68. The Morgan fingerprint density at radius 3 is 3.08 bits per heavy atom. The molecule has 2 aromatic heterocycles. The van der Waals surface area contributed by atoms with E-state index < -0.39 is 0 Å². The van der Waals surface area contributed by atoms with Crippen LogP contribution in [-0.4, -0.2) is 14.6 Å². The summed E-state index contributed by atoms with van der Waals surface area (Å²) < 4.78 is 2.54. The van der Waals surface area contributed by atoms with Crippen LogP contribution in [0.5, 0.6) is 0 Å². The molecule has 2 heterocycles. The second kappa shape index (κ2) is 2.71. The number of halogens is 2. The lowest BCUT2D eigenvalue weighted by Crippen LogP contribution is -1.88. The van der Waals surface area contributed by atoms with Gasteiger partial charge in [-0.15, -0.1) is 0 Å². The van der Waals surface area contributed by atoms with Gasteiger partial charge in [0, 0.05) is 12.4 Å². The van der Waals surface area contributed by atoms with Crippen molar-refractivity contribution in [3.8, 4) is 0 Å². The SMILES string of the molecule is Cc1nn2cc(Br)cnc2c1Cl. The van der Waals surface area contributed by atoms with Crippen molar-refractivity contribution in [2.24, 2.45) is 0 Å². The largest absolute Gasteiger partial charge is 0.235 e. The molecule has 0 radical (unpaired) electrons. The second-order valence-electron chi connectivity index (χ2n) is 2.44. The smallest absolute Gasteiger partial charge is 0.174 e. The van der Waals surface area contributed by atoms with Crippen molar-refractivity contribution in [1.29, 1.82) is 0 Å². The Bertz CT molecular complexity index is 437. The van der Waals surface area contributed by atoms with Crippen LogP contribution >= 0.6 is 27.5 Å². The highest BCUT2D eigenvalue weighted by atomic mass is 79.9. The Hall–Kier alpha value is -0.610. The zero-order valence-electron chi connectivity index (χ0n) is 6.25. The molecule has 3 nitrogen and oxygen atoms in total. The summed E-state index contributed by atoms with van der Waals surface area (Å²) in [4.78, 5) is 4.12. The van der Waals surface area contributed by atoms with Gasteiger partial charge < -0.3 is 0 Å². The summed E-state index contributed by atoms with van der Waals surface area (Å²) in [6.07, 6.45) is 3.52. The van der Waals surface area contributed by atoms with E-state index in [1.165, 1.54) is 0 Å². The van der Waals surface area contributed by atoms with Gasteiger partial charge >= 0.3 is 0 Å². The topological polar surface area (TPSA) is 30.2 Å². The zero-order valence-corrected chi connectivity index (χ0v) is 8.59. The zero-order chi connectivity index (χ0) is 8.72. The van der Waals surface area contributed by atoms with Crippen LogP contribution in [0.2, 0.25) is 5.02 Å². The Balaban J connectivity index is 2.87. The van der Waals surface area contributed by atoms with E-state index >= 15 is 0 Å². The lowest BCUT2D eigenvalue weighted by molar-refractivity contribution is 0.912. The van der Waals surface area contributed by atoms with Crippen molar-refractivity contribution >= 4 is 33.2 Å². The minimum atomic E-state index is 0.613. The molecule has 0 fully saturated rings. The lowest BCUT2D eigenvalue weighted by atomic mass is 10.5. The molecule has 0 bridgehead atoms. The molecular weight excluding hydrogens is 241 g/mol. The molecule has 62 valence electrons. The second-order valence-corrected chi connectivity index (χ2v) is 3.73. The minimum Gasteiger partial charge on any atom is -0.235 e. The van der Waals surface area contributed by atoms with E-state index in [9.17, 15) is 0 Å². The van der Waals surface area contributed by atoms with Crippen LogP contribution in [0, 0.1) is 6.92 Å². The third-order valence-corrected chi connectivity index (χ3v) is 2.40. The van der Waals surface area contributed by atoms with Gasteiger partial charge in [-0.3, -0.25) is 0 Å². The average molecular weight is 246 g/mol. The Morgan fingerprint density at radius 1 is 1.58 bits per heavy atom. The van der Waals surface area contributed by atoms with Gasteiger partial charge in [-0.1, -0.05) is 11.6 Å². The third-order valence-electron chi connectivity index (χ3n) is 1.54. The van der Waals surface area contributed by atoms with Crippen molar-refractivity contribution in [2.45, 2.75) is 6.92 Å². The van der Waals surface area contributed by atoms with Gasteiger partial charge in [0.1, 0.15) is 5.02 Å². The number of aromatic nitrogens is 3. The summed E-state index contributed by atoms with van der Waals surface area (Å²) in [7, 11) is 0. The fraction of sp³-hybridized carbons (Fsp3) is 0.143. The van der Waals surface area contributed by atoms with Crippen LogP contribution in [-0.2, 0) is 0 Å². The summed E-state index contributed by atoms with van der Waals surface area (Å²) in [5, 5.41) is 4.78. The maximum absolute atomic E-state index is 5.93. The summed E-state index contributed by atoms with van der Waals surface area (Å²) >= 11 is 9.23. The van der Waals surface area contributed by atoms with Crippen molar-refractivity contribution in [3.63, 3.8) is 0 Å². The summed E-state index contributed by atoms with van der Waals surface area (Å²) in [6, 6.07) is 0. The van der Waals surface area contributed by atoms with Crippen molar-refractivity contribution < 1.29 is 0 Å². The number of hydrogen-bond donors (Lipinski definition) is 0. The van der Waals surface area contributed by atoms with Gasteiger partial charge in [0.15, 0.2) is 5.65 Å². The molecule has 5 heteroatoms. The molecule has 0 saturated carbocycles. The monoisotopic (exact) mass is 245 g/mol. The lowest BCUT2D eigenvalue weighted by Gasteiger charge is -1.91. The number of hydrogen-bond acceptors (Lipinski definition) is 2. The van der Waals surface area contributed by atoms with E-state index in [1.54, 1.807) is 10.7 Å². The molecule has 0 aliphatic carbocycles. The molecule has 0 N–H and O–H groups in total. The van der Waals surface area contributed by atoms with Gasteiger partial charge in [-0.05, 0) is 22.9 Å². The van der Waals surface area contributed by atoms with E-state index in [2.05, 4.69) is 26.0 Å². The van der Waals surface area contributed by atoms with Crippen LogP contribution in [0.4, 0.5) is 0 Å². The number of rotatable bonds is 0. The Kier molecular flexibility index (Phi) is 1.81. The van der Waals surface area contributed by atoms with Crippen LogP contribution < -0.4 is 0 Å². The highest BCUT2D eigenvalue weighted by molar-refractivity contribution is 9.10.